The SMILES string of the molecule is CSC1(CNC(=O)c2ccc(C#CCN)cn2)CCCC1. The van der Waals surface area contributed by atoms with E-state index in [0.29, 0.717) is 18.8 Å². The first-order chi connectivity index (χ1) is 10.2. The highest BCUT2D eigenvalue weighted by atomic mass is 32.2. The van der Waals surface area contributed by atoms with Gasteiger partial charge in [0.05, 0.1) is 6.54 Å². The van der Waals surface area contributed by atoms with Gasteiger partial charge < -0.3 is 11.1 Å². The molecule has 1 aromatic heterocycles. The topological polar surface area (TPSA) is 68.0 Å². The van der Waals surface area contributed by atoms with E-state index in [1.807, 2.05) is 11.8 Å². The monoisotopic (exact) mass is 303 g/mol. The van der Waals surface area contributed by atoms with Gasteiger partial charge in [-0.05, 0) is 31.2 Å². The average Bonchev–Trinajstić information content (AvgIpc) is 3.00. The maximum atomic E-state index is 12.1. The first-order valence-corrected chi connectivity index (χ1v) is 8.40. The molecule has 1 heterocycles. The van der Waals surface area contributed by atoms with Gasteiger partial charge >= 0.3 is 0 Å². The van der Waals surface area contributed by atoms with E-state index >= 15 is 0 Å². The van der Waals surface area contributed by atoms with Gasteiger partial charge in [0.25, 0.3) is 5.91 Å². The van der Waals surface area contributed by atoms with Crippen LogP contribution in [0.3, 0.4) is 0 Å². The molecule has 3 N–H and O–H groups in total. The minimum Gasteiger partial charge on any atom is -0.349 e. The van der Waals surface area contributed by atoms with Gasteiger partial charge in [0.1, 0.15) is 5.69 Å². The Labute approximate surface area is 130 Å². The number of nitrogens with zero attached hydrogens (tertiary/aromatic N) is 1. The van der Waals surface area contributed by atoms with Crippen LogP contribution in [-0.4, -0.2) is 35.0 Å². The lowest BCUT2D eigenvalue weighted by Gasteiger charge is -2.26. The third-order valence-electron chi connectivity index (χ3n) is 3.85. The smallest absolute Gasteiger partial charge is 0.269 e. The van der Waals surface area contributed by atoms with Crippen LogP contribution in [0.2, 0.25) is 0 Å². The molecule has 0 radical (unpaired) electrons. The van der Waals surface area contributed by atoms with Gasteiger partial charge in [-0.1, -0.05) is 24.7 Å². The molecule has 0 spiro atoms. The summed E-state index contributed by atoms with van der Waals surface area (Å²) in [5, 5.41) is 3.02. The minimum absolute atomic E-state index is 0.117. The number of nitrogens with one attached hydrogen (secondary N) is 1. The second kappa shape index (κ2) is 7.48. The summed E-state index contributed by atoms with van der Waals surface area (Å²) in [5.41, 5.74) is 6.52. The van der Waals surface area contributed by atoms with E-state index in [2.05, 4.69) is 28.4 Å². The summed E-state index contributed by atoms with van der Waals surface area (Å²) < 4.78 is 0.211. The quantitative estimate of drug-likeness (QED) is 0.832. The van der Waals surface area contributed by atoms with E-state index in [1.165, 1.54) is 25.7 Å². The van der Waals surface area contributed by atoms with Gasteiger partial charge in [0, 0.05) is 23.1 Å². The largest absolute Gasteiger partial charge is 0.349 e. The molecule has 0 saturated heterocycles. The van der Waals surface area contributed by atoms with Crippen LogP contribution in [0, 0.1) is 11.8 Å². The molecule has 1 saturated carbocycles. The molecule has 21 heavy (non-hydrogen) atoms. The summed E-state index contributed by atoms with van der Waals surface area (Å²) in [5.74, 6) is 5.54. The number of carbonyl (C=O) groups is 1. The van der Waals surface area contributed by atoms with Crippen molar-refractivity contribution in [1.29, 1.82) is 0 Å². The molecule has 0 bridgehead atoms. The molecule has 1 aliphatic carbocycles. The number of amides is 1. The van der Waals surface area contributed by atoms with Crippen LogP contribution in [0.15, 0.2) is 18.3 Å². The van der Waals surface area contributed by atoms with Crippen LogP contribution in [-0.2, 0) is 0 Å². The first kappa shape index (κ1) is 15.9. The van der Waals surface area contributed by atoms with Gasteiger partial charge in [-0.3, -0.25) is 4.79 Å². The highest BCUT2D eigenvalue weighted by Crippen LogP contribution is 2.39. The van der Waals surface area contributed by atoms with E-state index in [-0.39, 0.29) is 10.7 Å². The van der Waals surface area contributed by atoms with E-state index < -0.39 is 0 Å². The van der Waals surface area contributed by atoms with Crippen molar-refractivity contribution in [2.45, 2.75) is 30.4 Å². The molecule has 1 amide bonds. The Morgan fingerprint density at radius 2 is 2.24 bits per heavy atom. The maximum Gasteiger partial charge on any atom is 0.269 e. The van der Waals surface area contributed by atoms with Crippen molar-refractivity contribution >= 4 is 17.7 Å². The maximum absolute atomic E-state index is 12.1. The highest BCUT2D eigenvalue weighted by Gasteiger charge is 2.33. The minimum atomic E-state index is -0.117. The zero-order valence-electron chi connectivity index (χ0n) is 12.3. The van der Waals surface area contributed by atoms with E-state index in [9.17, 15) is 4.79 Å². The number of carbonyl (C=O) groups excluding carboxylic acids is 1. The molecule has 5 heteroatoms. The van der Waals surface area contributed by atoms with Crippen LogP contribution >= 0.6 is 11.8 Å². The molecular formula is C16H21N3OS. The second-order valence-electron chi connectivity index (χ2n) is 5.21. The fraction of sp³-hybridized carbons (Fsp3) is 0.500. The highest BCUT2D eigenvalue weighted by molar-refractivity contribution is 8.00. The van der Waals surface area contributed by atoms with Crippen LogP contribution in [0.4, 0.5) is 0 Å². The number of hydrogen-bond acceptors (Lipinski definition) is 4. The zero-order chi connectivity index (χ0) is 15.1. The summed E-state index contributed by atoms with van der Waals surface area (Å²) >= 11 is 1.86. The van der Waals surface area contributed by atoms with Crippen LogP contribution in [0.1, 0.15) is 41.7 Å². The van der Waals surface area contributed by atoms with Crippen molar-refractivity contribution < 1.29 is 4.79 Å². The molecule has 112 valence electrons. The van der Waals surface area contributed by atoms with Crippen molar-refractivity contribution in [2.75, 3.05) is 19.3 Å². The number of nitrogens with two attached hydrogens (primary N) is 1. The molecule has 0 aromatic carbocycles. The number of pyridine rings is 1. The number of aromatic nitrogens is 1. The Balaban J connectivity index is 1.94. The molecule has 4 nitrogen and oxygen atoms in total. The van der Waals surface area contributed by atoms with E-state index in [1.54, 1.807) is 18.3 Å². The van der Waals surface area contributed by atoms with E-state index in [4.69, 9.17) is 5.73 Å². The van der Waals surface area contributed by atoms with E-state index in [0.717, 1.165) is 5.56 Å². The number of rotatable bonds is 4. The summed E-state index contributed by atoms with van der Waals surface area (Å²) in [6.07, 6.45) is 8.59. The molecule has 0 aliphatic heterocycles. The van der Waals surface area contributed by atoms with Crippen LogP contribution in [0.5, 0.6) is 0 Å². The number of thioether (sulfide) groups is 1. The third-order valence-corrected chi connectivity index (χ3v) is 5.27. The van der Waals surface area contributed by atoms with Crippen LogP contribution in [0.25, 0.3) is 0 Å². The fourth-order valence-electron chi connectivity index (χ4n) is 2.56. The summed E-state index contributed by atoms with van der Waals surface area (Å²) in [4.78, 5) is 16.3. The van der Waals surface area contributed by atoms with Crippen molar-refractivity contribution in [3.05, 3.63) is 29.6 Å². The van der Waals surface area contributed by atoms with Gasteiger partial charge in [0.2, 0.25) is 0 Å². The zero-order valence-corrected chi connectivity index (χ0v) is 13.1. The Morgan fingerprint density at radius 1 is 1.48 bits per heavy atom. The summed E-state index contributed by atoms with van der Waals surface area (Å²) in [6.45, 7) is 1.03. The molecular weight excluding hydrogens is 282 g/mol. The molecule has 1 aromatic rings. The summed E-state index contributed by atoms with van der Waals surface area (Å²) in [6, 6.07) is 3.50. The average molecular weight is 303 g/mol. The summed E-state index contributed by atoms with van der Waals surface area (Å²) in [7, 11) is 0. The van der Waals surface area contributed by atoms with Gasteiger partial charge in [0.15, 0.2) is 0 Å². The lowest BCUT2D eigenvalue weighted by atomic mass is 10.1. The Kier molecular flexibility index (Phi) is 5.66. The van der Waals surface area contributed by atoms with Crippen molar-refractivity contribution in [2.24, 2.45) is 5.73 Å². The van der Waals surface area contributed by atoms with Gasteiger partial charge in [-0.15, -0.1) is 0 Å². The molecule has 1 aliphatic rings. The predicted molar refractivity (Wildman–Crippen MR) is 87.2 cm³/mol. The lowest BCUT2D eigenvalue weighted by molar-refractivity contribution is 0.0944. The van der Waals surface area contributed by atoms with Gasteiger partial charge in [-0.25, -0.2) is 4.98 Å². The molecule has 0 unspecified atom stereocenters. The molecule has 2 rings (SSSR count). The Hall–Kier alpha value is -1.51. The van der Waals surface area contributed by atoms with Crippen LogP contribution < -0.4 is 11.1 Å². The standard InChI is InChI=1S/C16H21N3OS/c1-21-16(8-2-3-9-16)12-19-15(20)14-7-6-13(11-18-14)5-4-10-17/h6-7,11H,2-3,8-10,12,17H2,1H3,(H,19,20). The first-order valence-electron chi connectivity index (χ1n) is 7.17. The Bertz CT molecular complexity index is 539. The fourth-order valence-corrected chi connectivity index (χ4v) is 3.47. The second-order valence-corrected chi connectivity index (χ2v) is 6.49. The van der Waals surface area contributed by atoms with Crippen molar-refractivity contribution in [3.63, 3.8) is 0 Å². The van der Waals surface area contributed by atoms with Crippen molar-refractivity contribution in [1.82, 2.24) is 10.3 Å². The molecule has 1 fully saturated rings. The van der Waals surface area contributed by atoms with Crippen molar-refractivity contribution in [3.8, 4) is 11.8 Å². The Morgan fingerprint density at radius 3 is 2.81 bits per heavy atom. The molecule has 0 atom stereocenters. The van der Waals surface area contributed by atoms with Gasteiger partial charge in [-0.2, -0.15) is 11.8 Å². The number of hydrogen-bond donors (Lipinski definition) is 2. The third kappa shape index (κ3) is 4.23. The lowest BCUT2D eigenvalue weighted by Crippen LogP contribution is -2.38. The predicted octanol–water partition coefficient (Wildman–Crippen LogP) is 1.80. The normalized spacial score (nSPS) is 16.1.